The molecule has 0 aromatic heterocycles. The monoisotopic (exact) mass is 444 g/mol. The Balaban J connectivity index is 1.26. The lowest BCUT2D eigenvalue weighted by Gasteiger charge is -2.17. The summed E-state index contributed by atoms with van der Waals surface area (Å²) in [5.74, 6) is -1.96. The van der Waals surface area contributed by atoms with E-state index in [0.717, 1.165) is 5.56 Å². The number of ether oxygens (including phenoxy) is 1. The van der Waals surface area contributed by atoms with Crippen molar-refractivity contribution < 1.29 is 23.9 Å². The second-order valence-electron chi connectivity index (χ2n) is 8.75. The Morgan fingerprint density at radius 2 is 1.61 bits per heavy atom. The standard InChI is InChI=1S/C26H24N2O5/c29-23-13-18(16-27(23)15-17-7-2-1-3-8-17)26(32)33-20-10-6-9-19(14-20)28-24(30)21-11-4-5-12-22(21)25(28)31/h1-10,14,18,21-22H,11-13,15-16H2/t18-,21+,22+/m0/s1. The van der Waals surface area contributed by atoms with Crippen molar-refractivity contribution in [1.29, 1.82) is 0 Å². The number of likely N-dealkylation sites (tertiary alicyclic amines) is 1. The van der Waals surface area contributed by atoms with Gasteiger partial charge in [0.2, 0.25) is 17.7 Å². The number of rotatable bonds is 5. The number of allylic oxidation sites excluding steroid dienone is 2. The van der Waals surface area contributed by atoms with E-state index in [0.29, 0.717) is 31.6 Å². The molecule has 3 atom stereocenters. The van der Waals surface area contributed by atoms with E-state index in [1.807, 2.05) is 42.5 Å². The molecule has 2 aromatic rings. The minimum absolute atomic E-state index is 0.0842. The van der Waals surface area contributed by atoms with Crippen LogP contribution in [0.15, 0.2) is 66.7 Å². The highest BCUT2D eigenvalue weighted by atomic mass is 16.5. The summed E-state index contributed by atoms with van der Waals surface area (Å²) in [5.41, 5.74) is 1.40. The van der Waals surface area contributed by atoms with Crippen LogP contribution in [0, 0.1) is 17.8 Å². The van der Waals surface area contributed by atoms with Crippen molar-refractivity contribution in [2.75, 3.05) is 11.4 Å². The zero-order valence-electron chi connectivity index (χ0n) is 18.1. The average molecular weight is 444 g/mol. The molecule has 3 amide bonds. The maximum absolute atomic E-state index is 12.8. The Labute approximate surface area is 191 Å². The molecule has 2 saturated heterocycles. The normalized spacial score (nSPS) is 24.4. The Hall–Kier alpha value is -3.74. The summed E-state index contributed by atoms with van der Waals surface area (Å²) >= 11 is 0. The van der Waals surface area contributed by atoms with E-state index in [1.54, 1.807) is 23.1 Å². The summed E-state index contributed by atoms with van der Waals surface area (Å²) in [7, 11) is 0. The van der Waals surface area contributed by atoms with Crippen LogP contribution < -0.4 is 9.64 Å². The Morgan fingerprint density at radius 1 is 0.909 bits per heavy atom. The van der Waals surface area contributed by atoms with Gasteiger partial charge in [-0.2, -0.15) is 0 Å². The first kappa shape index (κ1) is 21.1. The van der Waals surface area contributed by atoms with Gasteiger partial charge in [-0.3, -0.25) is 19.2 Å². The van der Waals surface area contributed by atoms with Gasteiger partial charge in [0.25, 0.3) is 0 Å². The molecule has 0 saturated carbocycles. The van der Waals surface area contributed by atoms with Crippen LogP contribution in [0.1, 0.15) is 24.8 Å². The first-order valence-electron chi connectivity index (χ1n) is 11.2. The molecule has 1 aliphatic carbocycles. The summed E-state index contributed by atoms with van der Waals surface area (Å²) in [6, 6.07) is 16.1. The van der Waals surface area contributed by atoms with Crippen LogP contribution in [-0.4, -0.2) is 35.1 Å². The number of nitrogens with zero attached hydrogens (tertiary/aromatic N) is 2. The van der Waals surface area contributed by atoms with Crippen molar-refractivity contribution in [3.05, 3.63) is 72.3 Å². The van der Waals surface area contributed by atoms with Crippen molar-refractivity contribution in [3.63, 3.8) is 0 Å². The lowest BCUT2D eigenvalue weighted by Crippen LogP contribution is -2.31. The van der Waals surface area contributed by atoms with Crippen LogP contribution in [0.2, 0.25) is 0 Å². The van der Waals surface area contributed by atoms with Gasteiger partial charge in [-0.15, -0.1) is 0 Å². The summed E-state index contributed by atoms with van der Waals surface area (Å²) in [6.45, 7) is 0.751. The van der Waals surface area contributed by atoms with Gasteiger partial charge in [0.05, 0.1) is 23.4 Å². The van der Waals surface area contributed by atoms with E-state index in [1.165, 1.54) is 11.0 Å². The lowest BCUT2D eigenvalue weighted by molar-refractivity contribution is -0.139. The fraction of sp³-hybridized carbons (Fsp3) is 0.308. The maximum Gasteiger partial charge on any atom is 0.316 e. The molecule has 0 bridgehead atoms. The van der Waals surface area contributed by atoms with Crippen LogP contribution in [0.4, 0.5) is 5.69 Å². The Morgan fingerprint density at radius 3 is 2.30 bits per heavy atom. The fourth-order valence-corrected chi connectivity index (χ4v) is 4.83. The number of carbonyl (C=O) groups excluding carboxylic acids is 4. The molecule has 0 unspecified atom stereocenters. The van der Waals surface area contributed by atoms with E-state index in [4.69, 9.17) is 4.74 Å². The third-order valence-corrected chi connectivity index (χ3v) is 6.57. The number of esters is 1. The number of hydrogen-bond acceptors (Lipinski definition) is 5. The van der Waals surface area contributed by atoms with Gasteiger partial charge in [-0.1, -0.05) is 48.6 Å². The zero-order chi connectivity index (χ0) is 22.9. The highest BCUT2D eigenvalue weighted by Crippen LogP contribution is 2.38. The van der Waals surface area contributed by atoms with Crippen LogP contribution in [0.5, 0.6) is 5.75 Å². The van der Waals surface area contributed by atoms with E-state index in [2.05, 4.69) is 0 Å². The smallest absolute Gasteiger partial charge is 0.316 e. The van der Waals surface area contributed by atoms with E-state index in [-0.39, 0.29) is 41.7 Å². The van der Waals surface area contributed by atoms with E-state index < -0.39 is 11.9 Å². The second kappa shape index (κ2) is 8.65. The van der Waals surface area contributed by atoms with Crippen LogP contribution in [-0.2, 0) is 25.7 Å². The van der Waals surface area contributed by atoms with Gasteiger partial charge in [-0.25, -0.2) is 4.90 Å². The molecule has 3 aliphatic rings. The van der Waals surface area contributed by atoms with Crippen molar-refractivity contribution in [2.24, 2.45) is 17.8 Å². The number of hydrogen-bond donors (Lipinski definition) is 0. The second-order valence-corrected chi connectivity index (χ2v) is 8.75. The van der Waals surface area contributed by atoms with Crippen molar-refractivity contribution >= 4 is 29.4 Å². The summed E-state index contributed by atoms with van der Waals surface area (Å²) in [4.78, 5) is 53.7. The Bertz CT molecular complexity index is 1120. The van der Waals surface area contributed by atoms with Crippen LogP contribution >= 0.6 is 0 Å². The predicted molar refractivity (Wildman–Crippen MR) is 120 cm³/mol. The summed E-state index contributed by atoms with van der Waals surface area (Å²) in [5, 5.41) is 0. The molecule has 0 spiro atoms. The lowest BCUT2D eigenvalue weighted by atomic mass is 9.85. The molecule has 2 aliphatic heterocycles. The van der Waals surface area contributed by atoms with Gasteiger partial charge in [0.15, 0.2) is 0 Å². The molecule has 7 heteroatoms. The van der Waals surface area contributed by atoms with E-state index >= 15 is 0 Å². The molecule has 2 heterocycles. The molecule has 2 fully saturated rings. The molecule has 5 rings (SSSR count). The molecular formula is C26H24N2O5. The van der Waals surface area contributed by atoms with Crippen LogP contribution in [0.3, 0.4) is 0 Å². The van der Waals surface area contributed by atoms with Crippen molar-refractivity contribution in [2.45, 2.75) is 25.8 Å². The van der Waals surface area contributed by atoms with Gasteiger partial charge < -0.3 is 9.64 Å². The minimum Gasteiger partial charge on any atom is -0.426 e. The fourth-order valence-electron chi connectivity index (χ4n) is 4.83. The SMILES string of the molecule is O=C(Oc1cccc(N2C(=O)[C@@H]3CC=CC[C@H]3C2=O)c1)[C@H]1CC(=O)N(Cc2ccccc2)C1. The van der Waals surface area contributed by atoms with Crippen molar-refractivity contribution in [1.82, 2.24) is 4.90 Å². The maximum atomic E-state index is 12.8. The van der Waals surface area contributed by atoms with Crippen LogP contribution in [0.25, 0.3) is 0 Å². The number of benzene rings is 2. The molecule has 33 heavy (non-hydrogen) atoms. The van der Waals surface area contributed by atoms with Gasteiger partial charge in [0, 0.05) is 25.6 Å². The first-order valence-corrected chi connectivity index (χ1v) is 11.2. The molecule has 2 aromatic carbocycles. The topological polar surface area (TPSA) is 84.0 Å². The highest BCUT2D eigenvalue weighted by Gasteiger charge is 2.48. The quantitative estimate of drug-likeness (QED) is 0.306. The summed E-state index contributed by atoms with van der Waals surface area (Å²) < 4.78 is 5.56. The van der Waals surface area contributed by atoms with Gasteiger partial charge in [-0.05, 0) is 30.5 Å². The van der Waals surface area contributed by atoms with E-state index in [9.17, 15) is 19.2 Å². The first-order chi connectivity index (χ1) is 16.0. The zero-order valence-corrected chi connectivity index (χ0v) is 18.1. The highest BCUT2D eigenvalue weighted by molar-refractivity contribution is 6.22. The van der Waals surface area contributed by atoms with Gasteiger partial charge >= 0.3 is 5.97 Å². The Kier molecular flexibility index (Phi) is 5.54. The van der Waals surface area contributed by atoms with Crippen molar-refractivity contribution in [3.8, 4) is 5.75 Å². The molecule has 0 radical (unpaired) electrons. The largest absolute Gasteiger partial charge is 0.426 e. The minimum atomic E-state index is -0.561. The molecule has 168 valence electrons. The third kappa shape index (κ3) is 4.06. The number of imide groups is 1. The van der Waals surface area contributed by atoms with Gasteiger partial charge in [0.1, 0.15) is 5.75 Å². The number of amides is 3. The number of anilines is 1. The molecule has 7 nitrogen and oxygen atoms in total. The molecular weight excluding hydrogens is 420 g/mol. The number of fused-ring (bicyclic) bond motifs is 1. The third-order valence-electron chi connectivity index (χ3n) is 6.57. The molecule has 0 N–H and O–H groups in total. The summed E-state index contributed by atoms with van der Waals surface area (Å²) in [6.07, 6.45) is 5.12. The predicted octanol–water partition coefficient (Wildman–Crippen LogP) is 3.10. The average Bonchev–Trinajstić information content (AvgIpc) is 3.32. The number of carbonyl (C=O) groups is 4.